The molecule has 6 heteroatoms. The molecule has 1 aromatic rings. The Morgan fingerprint density at radius 3 is 2.88 bits per heavy atom. The minimum absolute atomic E-state index is 0.0301. The van der Waals surface area contributed by atoms with Gasteiger partial charge >= 0.3 is 0 Å². The molecule has 0 saturated carbocycles. The molecule has 94 valence electrons. The van der Waals surface area contributed by atoms with Gasteiger partial charge in [-0.1, -0.05) is 11.6 Å². The molecule has 0 aromatic carbocycles. The highest BCUT2D eigenvalue weighted by atomic mass is 35.5. The molecule has 0 spiro atoms. The van der Waals surface area contributed by atoms with Crippen molar-refractivity contribution in [2.75, 3.05) is 20.2 Å². The third-order valence-electron chi connectivity index (χ3n) is 2.09. The first-order valence-electron chi connectivity index (χ1n) is 5.28. The number of carbonyl (C=O) groups is 1. The first-order chi connectivity index (χ1) is 8.13. The minimum Gasteiger partial charge on any atom is -0.481 e. The van der Waals surface area contributed by atoms with Crippen LogP contribution in [0.1, 0.15) is 12.5 Å². The summed E-state index contributed by atoms with van der Waals surface area (Å²) in [5, 5.41) is 6.28. The molecule has 0 aliphatic carbocycles. The molecule has 1 aromatic heterocycles. The number of halogens is 1. The minimum atomic E-state index is -0.0301. The highest BCUT2D eigenvalue weighted by Crippen LogP contribution is 2.17. The van der Waals surface area contributed by atoms with E-state index in [1.54, 1.807) is 13.2 Å². The molecule has 1 amide bonds. The lowest BCUT2D eigenvalue weighted by molar-refractivity contribution is -0.118. The maximum Gasteiger partial charge on any atom is 0.219 e. The van der Waals surface area contributed by atoms with E-state index >= 15 is 0 Å². The number of pyridine rings is 1. The van der Waals surface area contributed by atoms with Crippen molar-refractivity contribution in [1.29, 1.82) is 0 Å². The summed E-state index contributed by atoms with van der Waals surface area (Å²) in [4.78, 5) is 14.7. The van der Waals surface area contributed by atoms with Crippen LogP contribution in [0.25, 0.3) is 0 Å². The largest absolute Gasteiger partial charge is 0.481 e. The van der Waals surface area contributed by atoms with E-state index in [0.29, 0.717) is 30.7 Å². The Hall–Kier alpha value is -1.33. The van der Waals surface area contributed by atoms with Gasteiger partial charge in [0, 0.05) is 32.1 Å². The summed E-state index contributed by atoms with van der Waals surface area (Å²) < 4.78 is 5.12. The van der Waals surface area contributed by atoms with Crippen molar-refractivity contribution in [1.82, 2.24) is 15.6 Å². The van der Waals surface area contributed by atoms with E-state index in [2.05, 4.69) is 15.6 Å². The van der Waals surface area contributed by atoms with Gasteiger partial charge in [0.2, 0.25) is 11.8 Å². The fraction of sp³-hybridized carbons (Fsp3) is 0.455. The molecular formula is C11H16ClN3O2. The van der Waals surface area contributed by atoms with Crippen LogP contribution in [-0.2, 0) is 11.3 Å². The maximum atomic E-state index is 10.6. The van der Waals surface area contributed by atoms with Crippen LogP contribution in [0.15, 0.2) is 12.1 Å². The number of nitrogens with one attached hydrogen (secondary N) is 2. The second kappa shape index (κ2) is 7.09. The van der Waals surface area contributed by atoms with Gasteiger partial charge in [0.1, 0.15) is 5.15 Å². The van der Waals surface area contributed by atoms with Gasteiger partial charge in [-0.15, -0.1) is 0 Å². The van der Waals surface area contributed by atoms with Crippen molar-refractivity contribution in [3.63, 3.8) is 0 Å². The van der Waals surface area contributed by atoms with Gasteiger partial charge in [-0.25, -0.2) is 4.98 Å². The van der Waals surface area contributed by atoms with E-state index in [1.807, 2.05) is 6.07 Å². The summed E-state index contributed by atoms with van der Waals surface area (Å²) in [6, 6.07) is 3.58. The molecule has 1 heterocycles. The lowest BCUT2D eigenvalue weighted by Crippen LogP contribution is -2.30. The van der Waals surface area contributed by atoms with Gasteiger partial charge in [0.15, 0.2) is 0 Å². The van der Waals surface area contributed by atoms with E-state index in [0.717, 1.165) is 5.56 Å². The number of hydrogen-bond donors (Lipinski definition) is 2. The van der Waals surface area contributed by atoms with Crippen LogP contribution in [0, 0.1) is 0 Å². The Bertz CT molecular complexity index is 385. The van der Waals surface area contributed by atoms with Gasteiger partial charge in [-0.05, 0) is 12.1 Å². The smallest absolute Gasteiger partial charge is 0.219 e. The number of carbonyl (C=O) groups excluding carboxylic acids is 1. The molecule has 0 bridgehead atoms. The van der Waals surface area contributed by atoms with Gasteiger partial charge in [0.05, 0.1) is 7.11 Å². The summed E-state index contributed by atoms with van der Waals surface area (Å²) in [7, 11) is 1.56. The number of methoxy groups -OCH3 is 1. The summed E-state index contributed by atoms with van der Waals surface area (Å²) >= 11 is 5.76. The molecular weight excluding hydrogens is 242 g/mol. The number of hydrogen-bond acceptors (Lipinski definition) is 4. The number of amides is 1. The highest BCUT2D eigenvalue weighted by molar-refractivity contribution is 6.29. The van der Waals surface area contributed by atoms with Crippen LogP contribution in [0.4, 0.5) is 0 Å². The van der Waals surface area contributed by atoms with Gasteiger partial charge < -0.3 is 15.4 Å². The second-order valence-electron chi connectivity index (χ2n) is 3.46. The molecule has 2 N–H and O–H groups in total. The summed E-state index contributed by atoms with van der Waals surface area (Å²) in [5.74, 6) is 0.488. The number of aromatic nitrogens is 1. The van der Waals surface area contributed by atoms with E-state index in [-0.39, 0.29) is 5.91 Å². The zero-order valence-electron chi connectivity index (χ0n) is 9.92. The lowest BCUT2D eigenvalue weighted by atomic mass is 10.2. The van der Waals surface area contributed by atoms with E-state index in [9.17, 15) is 4.79 Å². The molecule has 0 radical (unpaired) electrons. The maximum absolute atomic E-state index is 10.6. The average Bonchev–Trinajstić information content (AvgIpc) is 2.29. The van der Waals surface area contributed by atoms with Gasteiger partial charge in [-0.2, -0.15) is 0 Å². The summed E-state index contributed by atoms with van der Waals surface area (Å²) in [6.45, 7) is 3.39. The molecule has 0 aliphatic heterocycles. The molecule has 0 atom stereocenters. The van der Waals surface area contributed by atoms with Gasteiger partial charge in [0.25, 0.3) is 0 Å². The SMILES string of the molecule is COc1nc(Cl)ccc1CNCCNC(C)=O. The number of rotatable bonds is 6. The molecule has 0 saturated heterocycles. The fourth-order valence-corrected chi connectivity index (χ4v) is 1.45. The van der Waals surface area contributed by atoms with Crippen LogP contribution < -0.4 is 15.4 Å². The monoisotopic (exact) mass is 257 g/mol. The van der Waals surface area contributed by atoms with Gasteiger partial charge in [-0.3, -0.25) is 4.79 Å². The molecule has 0 unspecified atom stereocenters. The Kier molecular flexibility index (Phi) is 5.72. The number of nitrogens with zero attached hydrogens (tertiary/aromatic N) is 1. The predicted octanol–water partition coefficient (Wildman–Crippen LogP) is 0.969. The summed E-state index contributed by atoms with van der Waals surface area (Å²) in [6.07, 6.45) is 0. The number of ether oxygens (including phenoxy) is 1. The van der Waals surface area contributed by atoms with Crippen LogP contribution >= 0.6 is 11.6 Å². The van der Waals surface area contributed by atoms with E-state index < -0.39 is 0 Å². The average molecular weight is 258 g/mol. The Morgan fingerprint density at radius 2 is 2.24 bits per heavy atom. The van der Waals surface area contributed by atoms with Crippen LogP contribution in [-0.4, -0.2) is 31.1 Å². The molecule has 0 fully saturated rings. The normalized spacial score (nSPS) is 10.1. The molecule has 1 rings (SSSR count). The summed E-state index contributed by atoms with van der Waals surface area (Å²) in [5.41, 5.74) is 0.930. The van der Waals surface area contributed by atoms with Crippen molar-refractivity contribution in [2.24, 2.45) is 0 Å². The zero-order chi connectivity index (χ0) is 12.7. The van der Waals surface area contributed by atoms with Crippen molar-refractivity contribution in [3.8, 4) is 5.88 Å². The first-order valence-corrected chi connectivity index (χ1v) is 5.66. The molecule has 0 aliphatic rings. The highest BCUT2D eigenvalue weighted by Gasteiger charge is 2.04. The fourth-order valence-electron chi connectivity index (χ4n) is 1.31. The third kappa shape index (κ3) is 5.01. The van der Waals surface area contributed by atoms with Crippen molar-refractivity contribution < 1.29 is 9.53 Å². The lowest BCUT2D eigenvalue weighted by Gasteiger charge is -2.09. The van der Waals surface area contributed by atoms with E-state index in [4.69, 9.17) is 16.3 Å². The zero-order valence-corrected chi connectivity index (χ0v) is 10.7. The van der Waals surface area contributed by atoms with Crippen LogP contribution in [0.5, 0.6) is 5.88 Å². The second-order valence-corrected chi connectivity index (χ2v) is 3.85. The third-order valence-corrected chi connectivity index (χ3v) is 2.30. The van der Waals surface area contributed by atoms with Crippen molar-refractivity contribution in [2.45, 2.75) is 13.5 Å². The quantitative estimate of drug-likeness (QED) is 0.589. The Balaban J connectivity index is 2.38. The van der Waals surface area contributed by atoms with Crippen LogP contribution in [0.3, 0.4) is 0 Å². The van der Waals surface area contributed by atoms with Crippen LogP contribution in [0.2, 0.25) is 5.15 Å². The Morgan fingerprint density at radius 1 is 1.47 bits per heavy atom. The predicted molar refractivity (Wildman–Crippen MR) is 66.2 cm³/mol. The molecule has 17 heavy (non-hydrogen) atoms. The topological polar surface area (TPSA) is 63.2 Å². The molecule has 5 nitrogen and oxygen atoms in total. The standard InChI is InChI=1S/C11H16ClN3O2/c1-8(16)14-6-5-13-7-9-3-4-10(12)15-11(9)17-2/h3-4,13H,5-7H2,1-2H3,(H,14,16). The van der Waals surface area contributed by atoms with Crippen molar-refractivity contribution in [3.05, 3.63) is 22.8 Å². The Labute approximate surface area is 106 Å². The van der Waals surface area contributed by atoms with Crippen molar-refractivity contribution >= 4 is 17.5 Å². The first kappa shape index (κ1) is 13.7. The van der Waals surface area contributed by atoms with E-state index in [1.165, 1.54) is 6.92 Å².